The van der Waals surface area contributed by atoms with E-state index in [1.165, 1.54) is 5.57 Å². The molecule has 0 saturated heterocycles. The second-order valence-electron chi connectivity index (χ2n) is 4.85. The van der Waals surface area contributed by atoms with Crippen molar-refractivity contribution in [3.8, 4) is 5.75 Å². The normalized spacial score (nSPS) is 15.2. The molecule has 5 heteroatoms. The number of nitrogens with one attached hydrogen (secondary N) is 1. The Hall–Kier alpha value is -0.880. The predicted molar refractivity (Wildman–Crippen MR) is 83.0 cm³/mol. The molecule has 110 valence electrons. The van der Waals surface area contributed by atoms with E-state index >= 15 is 0 Å². The van der Waals surface area contributed by atoms with Crippen LogP contribution in [0.3, 0.4) is 0 Å². The third-order valence-corrected chi connectivity index (χ3v) is 3.60. The number of halogens is 1. The van der Waals surface area contributed by atoms with Crippen LogP contribution >= 0.6 is 15.9 Å². The van der Waals surface area contributed by atoms with E-state index in [9.17, 15) is 5.11 Å². The van der Waals surface area contributed by atoms with Crippen molar-refractivity contribution in [2.45, 2.75) is 12.5 Å². The van der Waals surface area contributed by atoms with Gasteiger partial charge < -0.3 is 19.9 Å². The molecule has 0 spiro atoms. The van der Waals surface area contributed by atoms with Crippen molar-refractivity contribution in [2.24, 2.45) is 0 Å². The first-order valence-electron chi connectivity index (χ1n) is 6.68. The first-order valence-corrected chi connectivity index (χ1v) is 7.48. The third-order valence-electron chi connectivity index (χ3n) is 3.11. The molecule has 0 saturated carbocycles. The van der Waals surface area contributed by atoms with Crippen LogP contribution < -0.4 is 10.1 Å². The van der Waals surface area contributed by atoms with Crippen molar-refractivity contribution in [2.75, 3.05) is 33.4 Å². The van der Waals surface area contributed by atoms with E-state index in [4.69, 9.17) is 9.47 Å². The van der Waals surface area contributed by atoms with Gasteiger partial charge in [-0.2, -0.15) is 0 Å². The van der Waals surface area contributed by atoms with Crippen molar-refractivity contribution in [3.05, 3.63) is 33.8 Å². The average molecular weight is 342 g/mol. The summed E-state index contributed by atoms with van der Waals surface area (Å²) in [5.74, 6) is 0.924. The van der Waals surface area contributed by atoms with Gasteiger partial charge in [-0.3, -0.25) is 0 Å². The van der Waals surface area contributed by atoms with Gasteiger partial charge >= 0.3 is 0 Å². The quantitative estimate of drug-likeness (QED) is 0.746. The fourth-order valence-corrected chi connectivity index (χ4v) is 2.47. The lowest BCUT2D eigenvalue weighted by Gasteiger charge is -2.19. The Morgan fingerprint density at radius 1 is 1.50 bits per heavy atom. The molecule has 20 heavy (non-hydrogen) atoms. The molecule has 0 fully saturated rings. The number of aliphatic hydroxyl groups is 1. The zero-order chi connectivity index (χ0) is 14.4. The van der Waals surface area contributed by atoms with Crippen molar-refractivity contribution < 1.29 is 14.6 Å². The average Bonchev–Trinajstić information content (AvgIpc) is 2.43. The number of benzene rings is 1. The summed E-state index contributed by atoms with van der Waals surface area (Å²) in [5.41, 5.74) is 2.30. The van der Waals surface area contributed by atoms with Crippen LogP contribution in [-0.2, 0) is 4.74 Å². The van der Waals surface area contributed by atoms with E-state index < -0.39 is 6.10 Å². The number of ether oxygens (including phenoxy) is 2. The zero-order valence-corrected chi connectivity index (χ0v) is 13.1. The van der Waals surface area contributed by atoms with Gasteiger partial charge in [0.25, 0.3) is 0 Å². The Balaban J connectivity index is 1.80. The van der Waals surface area contributed by atoms with Crippen LogP contribution in [0.4, 0.5) is 0 Å². The Bertz CT molecular complexity index is 476. The van der Waals surface area contributed by atoms with E-state index in [0.717, 1.165) is 28.9 Å². The molecule has 1 heterocycles. The topological polar surface area (TPSA) is 50.7 Å². The minimum Gasteiger partial charge on any atom is -0.489 e. The van der Waals surface area contributed by atoms with Crippen LogP contribution in [0, 0.1) is 0 Å². The standard InChI is InChI=1S/C15H20BrNO3/c1-19-10-14(18)4-5-17-8-11-6-12-7-13(16)2-3-15(12)20-9-11/h2-3,6-7,14,17-18H,4-5,8-10H2,1H3. The highest BCUT2D eigenvalue weighted by atomic mass is 79.9. The summed E-state index contributed by atoms with van der Waals surface area (Å²) in [7, 11) is 1.59. The molecule has 2 rings (SSSR count). The summed E-state index contributed by atoms with van der Waals surface area (Å²) in [6.45, 7) is 2.52. The summed E-state index contributed by atoms with van der Waals surface area (Å²) in [6, 6.07) is 6.01. The van der Waals surface area contributed by atoms with Gasteiger partial charge in [0, 0.05) is 23.7 Å². The zero-order valence-electron chi connectivity index (χ0n) is 11.6. The molecule has 0 aromatic heterocycles. The number of aliphatic hydroxyl groups excluding tert-OH is 1. The van der Waals surface area contributed by atoms with Gasteiger partial charge in [0.05, 0.1) is 12.7 Å². The summed E-state index contributed by atoms with van der Waals surface area (Å²) in [4.78, 5) is 0. The molecule has 4 nitrogen and oxygen atoms in total. The lowest BCUT2D eigenvalue weighted by molar-refractivity contribution is 0.0596. The third kappa shape index (κ3) is 4.59. The lowest BCUT2D eigenvalue weighted by atomic mass is 10.1. The van der Waals surface area contributed by atoms with Crippen molar-refractivity contribution in [1.29, 1.82) is 0 Å². The van der Waals surface area contributed by atoms with Gasteiger partial charge in [-0.15, -0.1) is 0 Å². The van der Waals surface area contributed by atoms with Crippen molar-refractivity contribution in [3.63, 3.8) is 0 Å². The van der Waals surface area contributed by atoms with E-state index in [0.29, 0.717) is 19.6 Å². The Morgan fingerprint density at radius 3 is 3.15 bits per heavy atom. The SMILES string of the molecule is COCC(O)CCNCC1=Cc2cc(Br)ccc2OC1. The first-order chi connectivity index (χ1) is 9.69. The number of fused-ring (bicyclic) bond motifs is 1. The number of rotatable bonds is 7. The summed E-state index contributed by atoms with van der Waals surface area (Å²) in [6.07, 6.45) is 2.44. The summed E-state index contributed by atoms with van der Waals surface area (Å²) in [5, 5.41) is 12.9. The van der Waals surface area contributed by atoms with Crippen LogP contribution in [0.25, 0.3) is 6.08 Å². The molecule has 1 aromatic rings. The maximum atomic E-state index is 9.54. The largest absolute Gasteiger partial charge is 0.489 e. The fraction of sp³-hybridized carbons (Fsp3) is 0.467. The Labute approximate surface area is 127 Å². The molecular formula is C15H20BrNO3. The van der Waals surface area contributed by atoms with Gasteiger partial charge in [0.1, 0.15) is 12.4 Å². The van der Waals surface area contributed by atoms with Gasteiger partial charge in [-0.1, -0.05) is 15.9 Å². The molecule has 2 N–H and O–H groups in total. The smallest absolute Gasteiger partial charge is 0.127 e. The highest BCUT2D eigenvalue weighted by Crippen LogP contribution is 2.28. The highest BCUT2D eigenvalue weighted by Gasteiger charge is 2.11. The maximum absolute atomic E-state index is 9.54. The van der Waals surface area contributed by atoms with Crippen LogP contribution in [0.15, 0.2) is 28.2 Å². The number of methoxy groups -OCH3 is 1. The molecule has 1 aliphatic rings. The first kappa shape index (κ1) is 15.5. The maximum Gasteiger partial charge on any atom is 0.127 e. The minimum absolute atomic E-state index is 0.384. The number of hydrogen-bond acceptors (Lipinski definition) is 4. The van der Waals surface area contributed by atoms with Crippen molar-refractivity contribution in [1.82, 2.24) is 5.32 Å². The number of hydrogen-bond donors (Lipinski definition) is 2. The molecule has 1 aromatic carbocycles. The Morgan fingerprint density at radius 2 is 2.35 bits per heavy atom. The van der Waals surface area contributed by atoms with Crippen LogP contribution in [0.1, 0.15) is 12.0 Å². The van der Waals surface area contributed by atoms with Crippen LogP contribution in [0.2, 0.25) is 0 Å². The Kier molecular flexibility index (Phi) is 6.04. The second kappa shape index (κ2) is 7.78. The highest BCUT2D eigenvalue weighted by molar-refractivity contribution is 9.10. The molecule has 1 unspecified atom stereocenters. The van der Waals surface area contributed by atoms with Gasteiger partial charge in [0.15, 0.2) is 0 Å². The monoisotopic (exact) mass is 341 g/mol. The van der Waals surface area contributed by atoms with Crippen molar-refractivity contribution >= 4 is 22.0 Å². The van der Waals surface area contributed by atoms with E-state index in [1.807, 2.05) is 12.1 Å². The van der Waals surface area contributed by atoms with E-state index in [-0.39, 0.29) is 0 Å². The predicted octanol–water partition coefficient (Wildman–Crippen LogP) is 2.21. The lowest BCUT2D eigenvalue weighted by Crippen LogP contribution is -2.26. The van der Waals surface area contributed by atoms with Crippen LogP contribution in [-0.4, -0.2) is 44.6 Å². The molecule has 0 bridgehead atoms. The van der Waals surface area contributed by atoms with Crippen LogP contribution in [0.5, 0.6) is 5.75 Å². The molecule has 1 aliphatic heterocycles. The molecule has 0 aliphatic carbocycles. The molecule has 0 amide bonds. The minimum atomic E-state index is -0.402. The van der Waals surface area contributed by atoms with Gasteiger partial charge in [-0.25, -0.2) is 0 Å². The van der Waals surface area contributed by atoms with Gasteiger partial charge in [-0.05, 0) is 42.8 Å². The summed E-state index contributed by atoms with van der Waals surface area (Å²) < 4.78 is 11.6. The molecule has 1 atom stereocenters. The fourth-order valence-electron chi connectivity index (χ4n) is 2.09. The van der Waals surface area contributed by atoms with Gasteiger partial charge in [0.2, 0.25) is 0 Å². The molecular weight excluding hydrogens is 322 g/mol. The summed E-state index contributed by atoms with van der Waals surface area (Å²) >= 11 is 3.46. The second-order valence-corrected chi connectivity index (χ2v) is 5.76. The van der Waals surface area contributed by atoms with E-state index in [2.05, 4.69) is 33.4 Å². The molecule has 0 radical (unpaired) electrons. The van der Waals surface area contributed by atoms with E-state index in [1.54, 1.807) is 7.11 Å².